The minimum absolute atomic E-state index is 0.218. The number of benzene rings is 2. The molecule has 0 heterocycles. The molecule has 0 fully saturated rings. The summed E-state index contributed by atoms with van der Waals surface area (Å²) in [6, 6.07) is 15.6. The van der Waals surface area contributed by atoms with Crippen LogP contribution in [0.15, 0.2) is 52.3 Å². The van der Waals surface area contributed by atoms with E-state index in [-0.39, 0.29) is 6.61 Å². The van der Waals surface area contributed by atoms with Gasteiger partial charge in [0.2, 0.25) is 0 Å². The van der Waals surface area contributed by atoms with Crippen LogP contribution in [-0.2, 0) is 14.9 Å². The minimum atomic E-state index is -1.43. The molecule has 0 aliphatic carbocycles. The van der Waals surface area contributed by atoms with Crippen molar-refractivity contribution in [1.29, 1.82) is 5.26 Å². The van der Waals surface area contributed by atoms with Gasteiger partial charge < -0.3 is 9.47 Å². The van der Waals surface area contributed by atoms with Gasteiger partial charge in [0.25, 0.3) is 0 Å². The van der Waals surface area contributed by atoms with Crippen molar-refractivity contribution in [2.45, 2.75) is 36.0 Å². The van der Waals surface area contributed by atoms with Crippen LogP contribution in [0, 0.1) is 18.3 Å². The average molecular weight is 355 g/mol. The van der Waals surface area contributed by atoms with Crippen molar-refractivity contribution in [2.24, 2.45) is 0 Å². The number of methoxy groups -OCH3 is 1. The van der Waals surface area contributed by atoms with Gasteiger partial charge in [-0.1, -0.05) is 42.1 Å². The molecule has 2 rings (SSSR count). The molecule has 2 aromatic rings. The number of carbonyl (C=O) groups is 1. The molecule has 4 nitrogen and oxygen atoms in total. The van der Waals surface area contributed by atoms with E-state index >= 15 is 0 Å². The summed E-state index contributed by atoms with van der Waals surface area (Å²) in [4.78, 5) is 14.3. The summed E-state index contributed by atoms with van der Waals surface area (Å²) in [6.07, 6.45) is 0. The lowest BCUT2D eigenvalue weighted by Crippen LogP contribution is -2.33. The molecule has 0 spiro atoms. The summed E-state index contributed by atoms with van der Waals surface area (Å²) in [7, 11) is 1.55. The number of aryl methyl sites for hydroxylation is 1. The van der Waals surface area contributed by atoms with E-state index in [1.54, 1.807) is 38.8 Å². The number of esters is 1. The van der Waals surface area contributed by atoms with E-state index in [0.717, 1.165) is 15.4 Å². The third-order valence-electron chi connectivity index (χ3n) is 3.94. The first-order chi connectivity index (χ1) is 12.0. The van der Waals surface area contributed by atoms with E-state index in [1.165, 1.54) is 0 Å². The van der Waals surface area contributed by atoms with Gasteiger partial charge in [-0.25, -0.2) is 4.79 Å². The number of rotatable bonds is 6. The standard InChI is InChI=1S/C20H21NO3S/c1-5-24-19(22)20(3,13-21)15-10-8-12-17(18(15)23-4)25-16-11-7-6-9-14(16)2/h6-12H,5H2,1-4H3. The molecular weight excluding hydrogens is 334 g/mol. The van der Waals surface area contributed by atoms with Gasteiger partial charge in [0, 0.05) is 10.5 Å². The Bertz CT molecular complexity index is 813. The zero-order valence-corrected chi connectivity index (χ0v) is 15.6. The summed E-state index contributed by atoms with van der Waals surface area (Å²) in [5.41, 5.74) is 0.229. The molecule has 5 heteroatoms. The van der Waals surface area contributed by atoms with Crippen molar-refractivity contribution in [1.82, 2.24) is 0 Å². The first kappa shape index (κ1) is 18.9. The Balaban J connectivity index is 2.53. The summed E-state index contributed by atoms with van der Waals surface area (Å²) in [5.74, 6) is -0.0540. The average Bonchev–Trinajstić information content (AvgIpc) is 2.63. The number of hydrogen-bond acceptors (Lipinski definition) is 5. The van der Waals surface area contributed by atoms with Crippen molar-refractivity contribution in [3.05, 3.63) is 53.6 Å². The van der Waals surface area contributed by atoms with E-state index in [9.17, 15) is 10.1 Å². The molecule has 25 heavy (non-hydrogen) atoms. The zero-order chi connectivity index (χ0) is 18.4. The van der Waals surface area contributed by atoms with Crippen molar-refractivity contribution >= 4 is 17.7 Å². The summed E-state index contributed by atoms with van der Waals surface area (Å²) in [6.45, 7) is 5.54. The summed E-state index contributed by atoms with van der Waals surface area (Å²) < 4.78 is 10.7. The van der Waals surface area contributed by atoms with E-state index in [4.69, 9.17) is 9.47 Å². The van der Waals surface area contributed by atoms with Crippen LogP contribution in [0.4, 0.5) is 0 Å². The number of para-hydroxylation sites is 1. The maximum atomic E-state index is 12.4. The highest BCUT2D eigenvalue weighted by Gasteiger charge is 2.40. The predicted octanol–water partition coefficient (Wildman–Crippen LogP) is 4.50. The number of nitriles is 1. The second kappa shape index (κ2) is 8.09. The highest BCUT2D eigenvalue weighted by atomic mass is 32.2. The van der Waals surface area contributed by atoms with Gasteiger partial charge in [-0.3, -0.25) is 0 Å². The molecule has 130 valence electrons. The van der Waals surface area contributed by atoms with Crippen LogP contribution in [0.5, 0.6) is 5.75 Å². The van der Waals surface area contributed by atoms with Gasteiger partial charge >= 0.3 is 5.97 Å². The molecule has 0 N–H and O–H groups in total. The maximum Gasteiger partial charge on any atom is 0.330 e. The summed E-state index contributed by atoms with van der Waals surface area (Å²) >= 11 is 1.54. The van der Waals surface area contributed by atoms with Crippen LogP contribution in [0.1, 0.15) is 25.0 Å². The van der Waals surface area contributed by atoms with Crippen LogP contribution < -0.4 is 4.74 Å². The van der Waals surface area contributed by atoms with Crippen LogP contribution in [0.25, 0.3) is 0 Å². The van der Waals surface area contributed by atoms with Crippen molar-refractivity contribution in [3.8, 4) is 11.8 Å². The Hall–Kier alpha value is -2.45. The van der Waals surface area contributed by atoms with E-state index in [0.29, 0.717) is 11.3 Å². The van der Waals surface area contributed by atoms with Crippen LogP contribution in [-0.4, -0.2) is 19.7 Å². The normalized spacial score (nSPS) is 12.8. The van der Waals surface area contributed by atoms with Crippen LogP contribution in [0.2, 0.25) is 0 Å². The molecule has 2 aromatic carbocycles. The van der Waals surface area contributed by atoms with Crippen molar-refractivity contribution < 1.29 is 14.3 Å². The lowest BCUT2D eigenvalue weighted by molar-refractivity contribution is -0.147. The Kier molecular flexibility index (Phi) is 6.11. The summed E-state index contributed by atoms with van der Waals surface area (Å²) in [5, 5.41) is 9.67. The first-order valence-electron chi connectivity index (χ1n) is 7.97. The Morgan fingerprint density at radius 1 is 1.20 bits per heavy atom. The number of carbonyl (C=O) groups excluding carboxylic acids is 1. The molecule has 0 bridgehead atoms. The SMILES string of the molecule is CCOC(=O)C(C)(C#N)c1cccc(Sc2ccccc2C)c1OC. The molecule has 0 radical (unpaired) electrons. The smallest absolute Gasteiger partial charge is 0.330 e. The topological polar surface area (TPSA) is 59.3 Å². The Morgan fingerprint density at radius 2 is 1.88 bits per heavy atom. The molecular formula is C20H21NO3S. The fraction of sp³-hybridized carbons (Fsp3) is 0.300. The predicted molar refractivity (Wildman–Crippen MR) is 97.9 cm³/mol. The fourth-order valence-corrected chi connectivity index (χ4v) is 3.53. The van der Waals surface area contributed by atoms with E-state index in [1.807, 2.05) is 43.3 Å². The van der Waals surface area contributed by atoms with Gasteiger partial charge in [0.1, 0.15) is 5.75 Å². The molecule has 0 aliphatic heterocycles. The van der Waals surface area contributed by atoms with Gasteiger partial charge in [0.15, 0.2) is 5.41 Å². The van der Waals surface area contributed by atoms with Gasteiger partial charge in [0.05, 0.1) is 24.7 Å². The Labute approximate surface area is 152 Å². The van der Waals surface area contributed by atoms with E-state index in [2.05, 4.69) is 6.07 Å². The third-order valence-corrected chi connectivity index (χ3v) is 5.16. The molecule has 0 saturated heterocycles. The first-order valence-corrected chi connectivity index (χ1v) is 8.79. The van der Waals surface area contributed by atoms with Gasteiger partial charge in [-0.05, 0) is 38.5 Å². The lowest BCUT2D eigenvalue weighted by atomic mass is 9.83. The molecule has 1 unspecified atom stereocenters. The zero-order valence-electron chi connectivity index (χ0n) is 14.8. The maximum absolute atomic E-state index is 12.4. The highest BCUT2D eigenvalue weighted by molar-refractivity contribution is 7.99. The number of nitrogens with zero attached hydrogens (tertiary/aromatic N) is 1. The van der Waals surface area contributed by atoms with Crippen LogP contribution in [0.3, 0.4) is 0 Å². The second-order valence-electron chi connectivity index (χ2n) is 5.66. The molecule has 0 aliphatic rings. The van der Waals surface area contributed by atoms with Crippen LogP contribution >= 0.6 is 11.8 Å². The molecule has 0 saturated carbocycles. The second-order valence-corrected chi connectivity index (χ2v) is 6.75. The highest BCUT2D eigenvalue weighted by Crippen LogP contribution is 2.42. The number of ether oxygens (including phenoxy) is 2. The van der Waals surface area contributed by atoms with Gasteiger partial charge in [-0.2, -0.15) is 5.26 Å². The molecule has 1 atom stereocenters. The number of hydrogen-bond donors (Lipinski definition) is 0. The van der Waals surface area contributed by atoms with Gasteiger partial charge in [-0.15, -0.1) is 0 Å². The molecule has 0 aromatic heterocycles. The third kappa shape index (κ3) is 3.80. The Morgan fingerprint density at radius 3 is 2.48 bits per heavy atom. The fourth-order valence-electron chi connectivity index (χ4n) is 2.48. The van der Waals surface area contributed by atoms with E-state index < -0.39 is 11.4 Å². The minimum Gasteiger partial charge on any atom is -0.495 e. The monoisotopic (exact) mass is 355 g/mol. The largest absolute Gasteiger partial charge is 0.495 e. The quantitative estimate of drug-likeness (QED) is 0.714. The van der Waals surface area contributed by atoms with Crippen molar-refractivity contribution in [3.63, 3.8) is 0 Å². The van der Waals surface area contributed by atoms with Crippen molar-refractivity contribution in [2.75, 3.05) is 13.7 Å². The molecule has 0 amide bonds. The lowest BCUT2D eigenvalue weighted by Gasteiger charge is -2.23.